The molecule has 28 heavy (non-hydrogen) atoms. The van der Waals surface area contributed by atoms with Gasteiger partial charge in [0.2, 0.25) is 0 Å². The average Bonchev–Trinajstić information content (AvgIpc) is 2.96. The van der Waals surface area contributed by atoms with Gasteiger partial charge in [0, 0.05) is 11.6 Å². The van der Waals surface area contributed by atoms with E-state index in [2.05, 4.69) is 19.2 Å². The fourth-order valence-electron chi connectivity index (χ4n) is 4.22. The summed E-state index contributed by atoms with van der Waals surface area (Å²) in [5.74, 6) is 0.288. The standard InChI is InChI=1S/C23H24N2O3/c1-14-6-5-9-20(15(14)2)24-21(26)16-10-12-17(13-11-16)25-22(27)18-7-3-4-8-19(18)23(25)28/h3-4,7-8,10-15,20H,5-6,9H2,1-2H3,(H,24,26)/t14-,15+,20+/m1/s1. The summed E-state index contributed by atoms with van der Waals surface area (Å²) in [6, 6.07) is 13.6. The Morgan fingerprint density at radius 2 is 1.54 bits per heavy atom. The van der Waals surface area contributed by atoms with Crippen LogP contribution in [0.1, 0.15) is 64.2 Å². The summed E-state index contributed by atoms with van der Waals surface area (Å²) in [5.41, 5.74) is 1.83. The van der Waals surface area contributed by atoms with E-state index >= 15 is 0 Å². The first-order chi connectivity index (χ1) is 13.5. The van der Waals surface area contributed by atoms with Gasteiger partial charge in [-0.05, 0) is 54.7 Å². The molecule has 1 N–H and O–H groups in total. The molecule has 0 aromatic heterocycles. The van der Waals surface area contributed by atoms with Gasteiger partial charge in [-0.1, -0.05) is 38.8 Å². The zero-order chi connectivity index (χ0) is 19.8. The third-order valence-electron chi connectivity index (χ3n) is 6.21. The third-order valence-corrected chi connectivity index (χ3v) is 6.21. The Morgan fingerprint density at radius 1 is 0.929 bits per heavy atom. The summed E-state index contributed by atoms with van der Waals surface area (Å²) >= 11 is 0. The van der Waals surface area contributed by atoms with Gasteiger partial charge in [-0.3, -0.25) is 14.4 Å². The predicted molar refractivity (Wildman–Crippen MR) is 107 cm³/mol. The highest BCUT2D eigenvalue weighted by Crippen LogP contribution is 2.30. The molecule has 2 aromatic carbocycles. The zero-order valence-corrected chi connectivity index (χ0v) is 16.1. The van der Waals surface area contributed by atoms with Gasteiger partial charge in [0.25, 0.3) is 17.7 Å². The number of benzene rings is 2. The average molecular weight is 376 g/mol. The molecule has 0 spiro atoms. The van der Waals surface area contributed by atoms with E-state index < -0.39 is 0 Å². The summed E-state index contributed by atoms with van der Waals surface area (Å²) in [7, 11) is 0. The van der Waals surface area contributed by atoms with E-state index in [1.165, 1.54) is 6.42 Å². The fraction of sp³-hybridized carbons (Fsp3) is 0.348. The molecule has 0 bridgehead atoms. The minimum Gasteiger partial charge on any atom is -0.349 e. The van der Waals surface area contributed by atoms with Crippen LogP contribution >= 0.6 is 0 Å². The third kappa shape index (κ3) is 3.11. The minimum absolute atomic E-state index is 0.111. The minimum atomic E-state index is -0.331. The van der Waals surface area contributed by atoms with Crippen molar-refractivity contribution in [3.05, 3.63) is 65.2 Å². The molecule has 5 nitrogen and oxygen atoms in total. The zero-order valence-electron chi connectivity index (χ0n) is 16.1. The molecule has 0 unspecified atom stereocenters. The van der Waals surface area contributed by atoms with Gasteiger partial charge in [0.05, 0.1) is 16.8 Å². The number of carbonyl (C=O) groups is 3. The van der Waals surface area contributed by atoms with Gasteiger partial charge in [-0.25, -0.2) is 4.90 Å². The van der Waals surface area contributed by atoms with Crippen LogP contribution in [0.15, 0.2) is 48.5 Å². The molecular weight excluding hydrogens is 352 g/mol. The first kappa shape index (κ1) is 18.4. The van der Waals surface area contributed by atoms with Gasteiger partial charge >= 0.3 is 0 Å². The molecular formula is C23H24N2O3. The van der Waals surface area contributed by atoms with Crippen molar-refractivity contribution >= 4 is 23.4 Å². The van der Waals surface area contributed by atoms with E-state index in [1.807, 2.05) is 0 Å². The monoisotopic (exact) mass is 376 g/mol. The first-order valence-corrected chi connectivity index (χ1v) is 9.86. The Balaban J connectivity index is 1.50. The topological polar surface area (TPSA) is 66.5 Å². The first-order valence-electron chi connectivity index (χ1n) is 9.86. The number of nitrogens with zero attached hydrogens (tertiary/aromatic N) is 1. The summed E-state index contributed by atoms with van der Waals surface area (Å²) < 4.78 is 0. The lowest BCUT2D eigenvalue weighted by Gasteiger charge is -2.34. The Labute approximate surface area is 164 Å². The molecule has 2 aromatic rings. The van der Waals surface area contributed by atoms with Crippen molar-refractivity contribution < 1.29 is 14.4 Å². The number of hydrogen-bond donors (Lipinski definition) is 1. The summed E-state index contributed by atoms with van der Waals surface area (Å²) in [4.78, 5) is 39.0. The van der Waals surface area contributed by atoms with Crippen LogP contribution in [-0.2, 0) is 0 Å². The largest absolute Gasteiger partial charge is 0.349 e. The molecule has 144 valence electrons. The van der Waals surface area contributed by atoms with Gasteiger partial charge < -0.3 is 5.32 Å². The van der Waals surface area contributed by atoms with E-state index in [0.717, 1.165) is 17.7 Å². The van der Waals surface area contributed by atoms with E-state index in [4.69, 9.17) is 0 Å². The molecule has 1 saturated carbocycles. The van der Waals surface area contributed by atoms with E-state index in [1.54, 1.807) is 48.5 Å². The molecule has 0 radical (unpaired) electrons. The van der Waals surface area contributed by atoms with Crippen molar-refractivity contribution in [2.24, 2.45) is 11.8 Å². The van der Waals surface area contributed by atoms with E-state index in [9.17, 15) is 14.4 Å². The Bertz CT molecular complexity index is 900. The van der Waals surface area contributed by atoms with Gasteiger partial charge in [0.15, 0.2) is 0 Å². The molecule has 0 saturated heterocycles. The lowest BCUT2D eigenvalue weighted by molar-refractivity contribution is 0.0888. The lowest BCUT2D eigenvalue weighted by atomic mass is 9.78. The predicted octanol–water partition coefficient (Wildman–Crippen LogP) is 4.04. The highest BCUT2D eigenvalue weighted by molar-refractivity contribution is 6.34. The maximum absolute atomic E-state index is 12.6. The van der Waals surface area contributed by atoms with Crippen molar-refractivity contribution in [3.63, 3.8) is 0 Å². The van der Waals surface area contributed by atoms with E-state index in [0.29, 0.717) is 34.2 Å². The number of hydrogen-bond acceptors (Lipinski definition) is 3. The normalized spacial score (nSPS) is 24.2. The molecule has 1 heterocycles. The molecule has 1 fully saturated rings. The molecule has 5 heteroatoms. The molecule has 1 aliphatic heterocycles. The van der Waals surface area contributed by atoms with Crippen LogP contribution in [0.3, 0.4) is 0 Å². The highest BCUT2D eigenvalue weighted by atomic mass is 16.2. The molecule has 4 rings (SSSR count). The number of imide groups is 1. The fourth-order valence-corrected chi connectivity index (χ4v) is 4.22. The van der Waals surface area contributed by atoms with Crippen LogP contribution in [0.25, 0.3) is 0 Å². The van der Waals surface area contributed by atoms with Crippen LogP contribution in [0.2, 0.25) is 0 Å². The number of anilines is 1. The van der Waals surface area contributed by atoms with E-state index in [-0.39, 0.29) is 23.8 Å². The maximum atomic E-state index is 12.6. The number of fused-ring (bicyclic) bond motifs is 1. The molecule has 1 aliphatic carbocycles. The number of nitrogens with one attached hydrogen (secondary N) is 1. The number of amides is 3. The second kappa shape index (κ2) is 7.23. The summed E-state index contributed by atoms with van der Waals surface area (Å²) in [5, 5.41) is 3.15. The number of carbonyl (C=O) groups excluding carboxylic acids is 3. The van der Waals surface area contributed by atoms with Gasteiger partial charge in [0.1, 0.15) is 0 Å². The van der Waals surface area contributed by atoms with Crippen molar-refractivity contribution in [2.45, 2.75) is 39.2 Å². The Kier molecular flexibility index (Phi) is 4.75. The number of rotatable bonds is 3. The lowest BCUT2D eigenvalue weighted by Crippen LogP contribution is -2.43. The maximum Gasteiger partial charge on any atom is 0.266 e. The second-order valence-corrected chi connectivity index (χ2v) is 7.89. The SMILES string of the molecule is C[C@H]1[C@H](C)CCC[C@@H]1NC(=O)c1ccc(N2C(=O)c3ccccc3C2=O)cc1. The van der Waals surface area contributed by atoms with Gasteiger partial charge in [-0.2, -0.15) is 0 Å². The van der Waals surface area contributed by atoms with Crippen molar-refractivity contribution in [2.75, 3.05) is 4.90 Å². The van der Waals surface area contributed by atoms with Crippen LogP contribution in [0.5, 0.6) is 0 Å². The van der Waals surface area contributed by atoms with Gasteiger partial charge in [-0.15, -0.1) is 0 Å². The van der Waals surface area contributed by atoms with Crippen molar-refractivity contribution in [3.8, 4) is 0 Å². The van der Waals surface area contributed by atoms with Crippen LogP contribution < -0.4 is 10.2 Å². The summed E-state index contributed by atoms with van der Waals surface area (Å²) in [6.07, 6.45) is 3.35. The smallest absolute Gasteiger partial charge is 0.266 e. The van der Waals surface area contributed by atoms with Crippen molar-refractivity contribution in [1.29, 1.82) is 0 Å². The van der Waals surface area contributed by atoms with Crippen LogP contribution in [0, 0.1) is 11.8 Å². The Hall–Kier alpha value is -2.95. The molecule has 2 aliphatic rings. The van der Waals surface area contributed by atoms with Crippen LogP contribution in [0.4, 0.5) is 5.69 Å². The second-order valence-electron chi connectivity index (χ2n) is 7.89. The highest BCUT2D eigenvalue weighted by Gasteiger charge is 2.36. The van der Waals surface area contributed by atoms with Crippen molar-refractivity contribution in [1.82, 2.24) is 5.32 Å². The Morgan fingerprint density at radius 3 is 2.14 bits per heavy atom. The quantitative estimate of drug-likeness (QED) is 0.822. The molecule has 3 atom stereocenters. The molecule has 3 amide bonds. The van der Waals surface area contributed by atoms with Crippen LogP contribution in [-0.4, -0.2) is 23.8 Å². The summed E-state index contributed by atoms with van der Waals surface area (Å²) in [6.45, 7) is 4.43.